The maximum atomic E-state index is 14.0. The Kier molecular flexibility index (Phi) is 7.88. The van der Waals surface area contributed by atoms with E-state index in [1.807, 2.05) is 29.7 Å². The number of ether oxygens (including phenoxy) is 2. The van der Waals surface area contributed by atoms with Gasteiger partial charge in [-0.3, -0.25) is 14.4 Å². The van der Waals surface area contributed by atoms with E-state index in [-0.39, 0.29) is 36.9 Å². The Morgan fingerprint density at radius 1 is 1.11 bits per heavy atom. The maximum absolute atomic E-state index is 14.0. The van der Waals surface area contributed by atoms with E-state index in [1.54, 1.807) is 19.1 Å². The van der Waals surface area contributed by atoms with E-state index in [0.717, 1.165) is 31.2 Å². The van der Waals surface area contributed by atoms with Crippen LogP contribution in [0.5, 0.6) is 5.75 Å². The molecule has 1 aromatic carbocycles. The van der Waals surface area contributed by atoms with Gasteiger partial charge in [-0.1, -0.05) is 32.1 Å². The number of amides is 3. The number of hydrogen-bond donors (Lipinski definition) is 2. The van der Waals surface area contributed by atoms with Gasteiger partial charge in [-0.25, -0.2) is 0 Å². The van der Waals surface area contributed by atoms with Crippen molar-refractivity contribution < 1.29 is 23.9 Å². The lowest BCUT2D eigenvalue weighted by Crippen LogP contribution is -2.65. The molecule has 0 saturated heterocycles. The summed E-state index contributed by atoms with van der Waals surface area (Å²) in [5.41, 5.74) is 0.441. The predicted molar refractivity (Wildman–Crippen MR) is 138 cm³/mol. The molecule has 2 aliphatic rings. The topological polar surface area (TPSA) is 102 Å². The molecule has 1 atom stereocenters. The van der Waals surface area contributed by atoms with E-state index in [0.29, 0.717) is 29.1 Å². The van der Waals surface area contributed by atoms with Crippen molar-refractivity contribution >= 4 is 34.3 Å². The molecular weight excluding hydrogens is 460 g/mol. The molecule has 1 aliphatic carbocycles. The van der Waals surface area contributed by atoms with Gasteiger partial charge < -0.3 is 29.6 Å². The Morgan fingerprint density at radius 2 is 1.81 bits per heavy atom. The number of rotatable bonds is 7. The summed E-state index contributed by atoms with van der Waals surface area (Å²) in [7, 11) is 3.15. The number of carbonyl (C=O) groups is 3. The first-order valence-corrected chi connectivity index (χ1v) is 12.9. The fourth-order valence-corrected chi connectivity index (χ4v) is 5.56. The van der Waals surface area contributed by atoms with Crippen LogP contribution in [0.15, 0.2) is 18.2 Å². The molecule has 2 N–H and O–H groups in total. The second-order valence-electron chi connectivity index (χ2n) is 10.1. The largest absolute Gasteiger partial charge is 0.497 e. The normalized spacial score (nSPS) is 21.0. The summed E-state index contributed by atoms with van der Waals surface area (Å²) in [5.74, 6) is -0.127. The summed E-state index contributed by atoms with van der Waals surface area (Å²) in [5, 5.41) is 6.84. The molecule has 0 spiro atoms. The fourth-order valence-electron chi connectivity index (χ4n) is 5.56. The Bertz CT molecular complexity index is 1130. The summed E-state index contributed by atoms with van der Waals surface area (Å²) in [6, 6.07) is 5.61. The number of methoxy groups -OCH3 is 2. The standard InChI is InChI=1S/C27H38N4O5/c1-18(32)28-23-21-16-20(36-4)12-13-22(21)30-17-27(2,31(14-15-35-3)25(33)24(23)30)26(34)29-19-10-8-6-5-7-9-11-19/h12-13,16,19H,5-11,14-15,17H2,1-4H3,(H,28,32)(H,29,34)/t27-/m1/s1. The van der Waals surface area contributed by atoms with Gasteiger partial charge in [0.05, 0.1) is 31.5 Å². The number of carbonyl (C=O) groups excluding carboxylic acids is 3. The van der Waals surface area contributed by atoms with E-state index in [1.165, 1.54) is 26.2 Å². The van der Waals surface area contributed by atoms with E-state index in [2.05, 4.69) is 10.6 Å². The number of aromatic nitrogens is 1. The molecule has 0 unspecified atom stereocenters. The summed E-state index contributed by atoms with van der Waals surface area (Å²) in [6.45, 7) is 4.06. The lowest BCUT2D eigenvalue weighted by atomic mass is 9.92. The van der Waals surface area contributed by atoms with E-state index in [9.17, 15) is 14.4 Å². The lowest BCUT2D eigenvalue weighted by molar-refractivity contribution is -0.134. The fraction of sp³-hybridized carbons (Fsp3) is 0.593. The molecule has 196 valence electrons. The molecule has 36 heavy (non-hydrogen) atoms. The van der Waals surface area contributed by atoms with Gasteiger partial charge in [0.2, 0.25) is 11.8 Å². The highest BCUT2D eigenvalue weighted by Gasteiger charge is 2.49. The molecule has 1 saturated carbocycles. The molecule has 9 heteroatoms. The first kappa shape index (κ1) is 26.0. The Labute approximate surface area is 212 Å². The molecule has 4 rings (SSSR count). The van der Waals surface area contributed by atoms with Crippen LogP contribution in [0, 0.1) is 0 Å². The Hall–Kier alpha value is -3.07. The third-order valence-electron chi connectivity index (χ3n) is 7.53. The van der Waals surface area contributed by atoms with Crippen molar-refractivity contribution in [3.05, 3.63) is 23.9 Å². The highest BCUT2D eigenvalue weighted by atomic mass is 16.5. The smallest absolute Gasteiger partial charge is 0.273 e. The van der Waals surface area contributed by atoms with Crippen LogP contribution in [0.2, 0.25) is 0 Å². The van der Waals surface area contributed by atoms with Crippen LogP contribution in [0.3, 0.4) is 0 Å². The lowest BCUT2D eigenvalue weighted by Gasteiger charge is -2.44. The zero-order valence-corrected chi connectivity index (χ0v) is 21.8. The molecule has 9 nitrogen and oxygen atoms in total. The molecule has 0 radical (unpaired) electrons. The van der Waals surface area contributed by atoms with Crippen LogP contribution in [-0.4, -0.2) is 66.1 Å². The van der Waals surface area contributed by atoms with Crippen molar-refractivity contribution in [2.45, 2.75) is 76.9 Å². The molecular formula is C27H38N4O5. The molecule has 2 aromatic rings. The van der Waals surface area contributed by atoms with Crippen molar-refractivity contribution in [2.24, 2.45) is 0 Å². The summed E-state index contributed by atoms with van der Waals surface area (Å²) >= 11 is 0. The van der Waals surface area contributed by atoms with E-state index < -0.39 is 5.54 Å². The molecule has 1 aliphatic heterocycles. The average Bonchev–Trinajstić information content (AvgIpc) is 3.12. The van der Waals surface area contributed by atoms with Crippen LogP contribution in [-0.2, 0) is 20.9 Å². The molecule has 2 heterocycles. The number of hydrogen-bond acceptors (Lipinski definition) is 5. The van der Waals surface area contributed by atoms with Crippen molar-refractivity contribution in [2.75, 3.05) is 32.7 Å². The number of nitrogens with zero attached hydrogens (tertiary/aromatic N) is 2. The second kappa shape index (κ2) is 10.9. The highest BCUT2D eigenvalue weighted by molar-refractivity contribution is 6.14. The molecule has 1 aromatic heterocycles. The second-order valence-corrected chi connectivity index (χ2v) is 10.1. The zero-order valence-electron chi connectivity index (χ0n) is 21.8. The summed E-state index contributed by atoms with van der Waals surface area (Å²) in [6.07, 6.45) is 7.75. The monoisotopic (exact) mass is 498 g/mol. The zero-order chi connectivity index (χ0) is 25.9. The SMILES string of the molecule is COCCN1C(=O)c2c(NC(C)=O)c3cc(OC)ccc3n2C[C@]1(C)C(=O)NC1CCCCCCC1. The minimum Gasteiger partial charge on any atom is -0.497 e. The van der Waals surface area contributed by atoms with Crippen LogP contribution in [0.1, 0.15) is 69.3 Å². The van der Waals surface area contributed by atoms with Crippen molar-refractivity contribution in [3.8, 4) is 5.75 Å². The predicted octanol–water partition coefficient (Wildman–Crippen LogP) is 3.70. The first-order valence-electron chi connectivity index (χ1n) is 12.9. The minimum absolute atomic E-state index is 0.107. The number of fused-ring (bicyclic) bond motifs is 3. The minimum atomic E-state index is -1.12. The van der Waals surface area contributed by atoms with Gasteiger partial charge in [0.15, 0.2) is 0 Å². The Morgan fingerprint density at radius 3 is 2.44 bits per heavy atom. The molecule has 1 fully saturated rings. The molecule has 0 bridgehead atoms. The third-order valence-corrected chi connectivity index (χ3v) is 7.53. The van der Waals surface area contributed by atoms with E-state index >= 15 is 0 Å². The van der Waals surface area contributed by atoms with E-state index in [4.69, 9.17) is 9.47 Å². The van der Waals surface area contributed by atoms with Crippen molar-refractivity contribution in [3.63, 3.8) is 0 Å². The summed E-state index contributed by atoms with van der Waals surface area (Å²) < 4.78 is 12.6. The van der Waals surface area contributed by atoms with Crippen LogP contribution in [0.25, 0.3) is 10.9 Å². The van der Waals surface area contributed by atoms with Crippen molar-refractivity contribution in [1.29, 1.82) is 0 Å². The average molecular weight is 499 g/mol. The van der Waals surface area contributed by atoms with Gasteiger partial charge in [0.25, 0.3) is 5.91 Å². The quantitative estimate of drug-likeness (QED) is 0.606. The first-order chi connectivity index (χ1) is 17.3. The van der Waals surface area contributed by atoms with Gasteiger partial charge in [-0.05, 0) is 38.0 Å². The Balaban J connectivity index is 1.78. The summed E-state index contributed by atoms with van der Waals surface area (Å²) in [4.78, 5) is 41.6. The number of anilines is 1. The van der Waals surface area contributed by atoms with Gasteiger partial charge in [0, 0.05) is 32.0 Å². The highest BCUT2D eigenvalue weighted by Crippen LogP contribution is 2.40. The van der Waals surface area contributed by atoms with Gasteiger partial charge >= 0.3 is 0 Å². The maximum Gasteiger partial charge on any atom is 0.273 e. The number of benzene rings is 1. The van der Waals surface area contributed by atoms with Crippen LogP contribution < -0.4 is 15.4 Å². The van der Waals surface area contributed by atoms with Crippen LogP contribution in [0.4, 0.5) is 5.69 Å². The third kappa shape index (κ3) is 4.93. The van der Waals surface area contributed by atoms with Gasteiger partial charge in [0.1, 0.15) is 17.0 Å². The molecule has 3 amide bonds. The van der Waals surface area contributed by atoms with Gasteiger partial charge in [-0.2, -0.15) is 0 Å². The van der Waals surface area contributed by atoms with Crippen LogP contribution >= 0.6 is 0 Å². The number of nitrogens with one attached hydrogen (secondary N) is 2. The van der Waals surface area contributed by atoms with Crippen molar-refractivity contribution in [1.82, 2.24) is 14.8 Å². The van der Waals surface area contributed by atoms with Gasteiger partial charge in [-0.15, -0.1) is 0 Å².